The molecule has 8 aromatic rings. The standard InChI is InChI=1S/C40H38Cl4N4O4S2.C16H14Cl3NO2S.C8H12N2/c1-47-21-35(33-15-29(41)17-39(43)37(33)23-47)27-7-11-31(12-8-27)53(49,50)45-19-25-3-5-26(6-4-25)20-46-54(51,52)32-13-9-28(10-14-32)36-22-48(2)24-38-34(36)16-30(42)18-40(38)44;1-20-8-14(10-3-2-4-12(5-10)23(19,21)22)13-6-11(17)7-16(18)15(13)9-20;9-5-7-1-2-8(6-10)4-3-7/h3-18,35-36,45-46H,19-24H2,1-2H3;2-7,14H,8-9H2,1H3;1-4H,5-6,9-10H2. The number of hydrogen-bond donors (Lipinski definition) is 4. The van der Waals surface area contributed by atoms with Crippen LogP contribution in [0.5, 0.6) is 0 Å². The monoisotopic (exact) mass is 1370 g/mol. The third kappa shape index (κ3) is 16.7. The number of rotatable bonds is 14. The molecule has 0 radical (unpaired) electrons. The van der Waals surface area contributed by atoms with Crippen molar-refractivity contribution in [3.05, 3.63) is 260 Å². The van der Waals surface area contributed by atoms with Crippen molar-refractivity contribution >= 4 is 109 Å². The van der Waals surface area contributed by atoms with Gasteiger partial charge in [-0.1, -0.05) is 155 Å². The molecule has 6 N–H and O–H groups in total. The average Bonchev–Trinajstić information content (AvgIpc) is 1.79. The van der Waals surface area contributed by atoms with Crippen LogP contribution >= 0.6 is 80.3 Å². The summed E-state index contributed by atoms with van der Waals surface area (Å²) in [6.45, 7) is 5.75. The van der Waals surface area contributed by atoms with Crippen molar-refractivity contribution in [1.29, 1.82) is 0 Å². The fourth-order valence-electron chi connectivity index (χ4n) is 11.1. The largest absolute Gasteiger partial charge is 0.326 e. The molecule has 3 unspecified atom stereocenters. The predicted octanol–water partition coefficient (Wildman–Crippen LogP) is 13.5. The highest BCUT2D eigenvalue weighted by molar-refractivity contribution is 8.13. The Bertz CT molecular complexity index is 3940. The third-order valence-electron chi connectivity index (χ3n) is 15.7. The molecule has 3 aliphatic heterocycles. The topological polar surface area (TPSA) is 188 Å². The van der Waals surface area contributed by atoms with E-state index < -0.39 is 29.1 Å². The number of likely N-dealkylation sites (N-methyl/N-ethyl adjacent to an activating group) is 3. The second-order valence-corrected chi connectivity index (χ2v) is 30.6. The van der Waals surface area contributed by atoms with Gasteiger partial charge in [0.2, 0.25) is 20.0 Å². The fraction of sp³-hybridized carbons (Fsp3) is 0.250. The maximum Gasteiger partial charge on any atom is 0.261 e. The molecule has 0 saturated carbocycles. The van der Waals surface area contributed by atoms with Gasteiger partial charge in [-0.25, -0.2) is 34.7 Å². The Morgan fingerprint density at radius 2 is 0.736 bits per heavy atom. The lowest BCUT2D eigenvalue weighted by Gasteiger charge is -2.33. The molecule has 0 bridgehead atoms. The second kappa shape index (κ2) is 28.7. The highest BCUT2D eigenvalue weighted by Gasteiger charge is 2.31. The van der Waals surface area contributed by atoms with Crippen molar-refractivity contribution in [2.45, 2.75) is 78.3 Å². The van der Waals surface area contributed by atoms with Crippen LogP contribution in [-0.2, 0) is 74.9 Å². The summed E-state index contributed by atoms with van der Waals surface area (Å²) in [4.78, 5) is 6.92. The SMILES string of the molecule is CN1Cc2c(Cl)cc(Cl)cc2C(c2ccc(S(=O)(=O)NCc3ccc(CNS(=O)(=O)c4ccc(C5CN(C)Cc6c(Cl)cc(Cl)cc65)cc4)cc3)cc2)C1.CN1Cc2c(Cl)cc(Cl)cc2C(c2cccc(S(=O)(=O)Cl)c2)C1.NCc1ccc(CN)cc1. The molecular formula is C64H64Cl7N7O6S3. The summed E-state index contributed by atoms with van der Waals surface area (Å²) in [6, 6.07) is 46.6. The number of hydrogen-bond acceptors (Lipinski definition) is 11. The number of nitrogens with zero attached hydrogens (tertiary/aromatic N) is 3. The van der Waals surface area contributed by atoms with Gasteiger partial charge in [0.05, 0.1) is 14.7 Å². The first-order chi connectivity index (χ1) is 41.3. The summed E-state index contributed by atoms with van der Waals surface area (Å²) in [5.74, 6) is -0.0216. The summed E-state index contributed by atoms with van der Waals surface area (Å²) < 4.78 is 81.4. The predicted molar refractivity (Wildman–Crippen MR) is 353 cm³/mol. The molecule has 3 atom stereocenters. The van der Waals surface area contributed by atoms with Crippen LogP contribution in [-0.4, -0.2) is 80.7 Å². The highest BCUT2D eigenvalue weighted by Crippen LogP contribution is 2.42. The lowest BCUT2D eigenvalue weighted by molar-refractivity contribution is 0.295. The Morgan fingerprint density at radius 1 is 0.414 bits per heavy atom. The van der Waals surface area contributed by atoms with Gasteiger partial charge in [0, 0.05) is 124 Å². The van der Waals surface area contributed by atoms with Crippen LogP contribution in [0.4, 0.5) is 0 Å². The molecule has 87 heavy (non-hydrogen) atoms. The molecule has 0 aromatic heterocycles. The van der Waals surface area contributed by atoms with E-state index in [1.165, 1.54) is 6.07 Å². The van der Waals surface area contributed by atoms with E-state index in [4.69, 9.17) is 91.8 Å². The number of benzene rings is 8. The van der Waals surface area contributed by atoms with Gasteiger partial charge in [0.1, 0.15) is 0 Å². The summed E-state index contributed by atoms with van der Waals surface area (Å²) in [6.07, 6.45) is 0. The number of sulfonamides is 2. The molecule has 23 heteroatoms. The summed E-state index contributed by atoms with van der Waals surface area (Å²) >= 11 is 38.2. The van der Waals surface area contributed by atoms with Crippen LogP contribution in [0.2, 0.25) is 30.1 Å². The highest BCUT2D eigenvalue weighted by atomic mass is 35.7. The Kier molecular flexibility index (Phi) is 22.0. The molecule has 11 rings (SSSR count). The lowest BCUT2D eigenvalue weighted by Crippen LogP contribution is -2.31. The van der Waals surface area contributed by atoms with Gasteiger partial charge < -0.3 is 26.2 Å². The quantitative estimate of drug-likeness (QED) is 0.0759. The maximum atomic E-state index is 13.2. The molecule has 0 spiro atoms. The van der Waals surface area contributed by atoms with Gasteiger partial charge in [-0.3, -0.25) is 0 Å². The molecule has 0 aliphatic carbocycles. The minimum Gasteiger partial charge on any atom is -0.326 e. The Balaban J connectivity index is 0.000000222. The smallest absolute Gasteiger partial charge is 0.261 e. The van der Waals surface area contributed by atoms with Crippen molar-refractivity contribution in [3.63, 3.8) is 0 Å². The molecule has 3 aliphatic rings. The lowest BCUT2D eigenvalue weighted by atomic mass is 9.85. The van der Waals surface area contributed by atoms with Crippen LogP contribution in [0.15, 0.2) is 172 Å². The summed E-state index contributed by atoms with van der Waals surface area (Å²) in [7, 11) is 0.158. The zero-order chi connectivity index (χ0) is 62.5. The molecule has 0 amide bonds. The van der Waals surface area contributed by atoms with Gasteiger partial charge in [-0.05, 0) is 166 Å². The second-order valence-electron chi connectivity index (χ2n) is 22.0. The number of nitrogens with one attached hydrogen (secondary N) is 2. The van der Waals surface area contributed by atoms with Crippen molar-refractivity contribution in [1.82, 2.24) is 24.1 Å². The molecule has 0 saturated heterocycles. The minimum absolute atomic E-state index is 0.00308. The fourth-order valence-corrected chi connectivity index (χ4v) is 15.7. The summed E-state index contributed by atoms with van der Waals surface area (Å²) in [5.41, 5.74) is 23.6. The van der Waals surface area contributed by atoms with E-state index in [1.807, 2.05) is 93.9 Å². The first kappa shape index (κ1) is 66.8. The normalized spacial score (nSPS) is 17.2. The van der Waals surface area contributed by atoms with Gasteiger partial charge in [-0.2, -0.15) is 0 Å². The van der Waals surface area contributed by atoms with Crippen LogP contribution in [0, 0.1) is 0 Å². The Labute approximate surface area is 544 Å². The van der Waals surface area contributed by atoms with Crippen molar-refractivity contribution < 1.29 is 25.3 Å². The number of nitrogens with two attached hydrogens (primary N) is 2. The number of fused-ring (bicyclic) bond motifs is 3. The minimum atomic E-state index is -3.80. The molecule has 0 fully saturated rings. The van der Waals surface area contributed by atoms with Crippen molar-refractivity contribution in [2.75, 3.05) is 40.8 Å². The van der Waals surface area contributed by atoms with E-state index in [0.29, 0.717) is 56.3 Å². The summed E-state index contributed by atoms with van der Waals surface area (Å²) in [5, 5.41) is 3.60. The van der Waals surface area contributed by atoms with E-state index in [9.17, 15) is 25.3 Å². The van der Waals surface area contributed by atoms with E-state index in [-0.39, 0.29) is 45.5 Å². The Morgan fingerprint density at radius 3 is 1.06 bits per heavy atom. The van der Waals surface area contributed by atoms with Crippen LogP contribution < -0.4 is 20.9 Å². The zero-order valence-corrected chi connectivity index (χ0v) is 55.4. The Hall–Kier alpha value is -4.64. The van der Waals surface area contributed by atoms with E-state index >= 15 is 0 Å². The first-order valence-corrected chi connectivity index (χ1v) is 35.1. The van der Waals surface area contributed by atoms with E-state index in [2.05, 4.69) is 24.1 Å². The van der Waals surface area contributed by atoms with Crippen LogP contribution in [0.25, 0.3) is 0 Å². The van der Waals surface area contributed by atoms with Gasteiger partial charge in [0.15, 0.2) is 0 Å². The van der Waals surface area contributed by atoms with Gasteiger partial charge in [-0.15, -0.1) is 0 Å². The third-order valence-corrected chi connectivity index (χ3v) is 21.5. The number of halogens is 7. The van der Waals surface area contributed by atoms with Crippen molar-refractivity contribution in [2.24, 2.45) is 11.5 Å². The van der Waals surface area contributed by atoms with Gasteiger partial charge >= 0.3 is 0 Å². The molecule has 8 aromatic carbocycles. The molecule has 3 heterocycles. The molecule has 13 nitrogen and oxygen atoms in total. The zero-order valence-electron chi connectivity index (χ0n) is 47.6. The van der Waals surface area contributed by atoms with E-state index in [1.54, 1.807) is 78.9 Å². The molecular weight excluding hydrogens is 1310 g/mol. The average molecular weight is 1370 g/mol. The maximum absolute atomic E-state index is 13.2. The van der Waals surface area contributed by atoms with Crippen molar-refractivity contribution in [3.8, 4) is 0 Å². The van der Waals surface area contributed by atoms with Crippen LogP contribution in [0.3, 0.4) is 0 Å². The molecule has 458 valence electrons. The van der Waals surface area contributed by atoms with Gasteiger partial charge in [0.25, 0.3) is 9.05 Å². The first-order valence-electron chi connectivity index (χ1n) is 27.6. The van der Waals surface area contributed by atoms with Crippen LogP contribution in [0.1, 0.15) is 90.1 Å². The van der Waals surface area contributed by atoms with E-state index in [0.717, 1.165) is 98.5 Å².